The normalized spacial score (nSPS) is 13.3. The highest BCUT2D eigenvalue weighted by molar-refractivity contribution is 9.10. The standard InChI is InChI=1S/C10H11BrFNO4S/c1-6(10(14)15)13-18(16,17)5-7-2-3-8(11)9(12)4-7/h2-4,6,13H,5H2,1H3,(H,14,15)/t6-/m1/s1. The Kier molecular flexibility index (Phi) is 4.83. The van der Waals surface area contributed by atoms with Crippen LogP contribution in [0.15, 0.2) is 22.7 Å². The van der Waals surface area contributed by atoms with Crippen LogP contribution in [0.2, 0.25) is 0 Å². The molecule has 1 aromatic carbocycles. The molecule has 18 heavy (non-hydrogen) atoms. The molecule has 1 aromatic rings. The van der Waals surface area contributed by atoms with Crippen molar-refractivity contribution in [1.82, 2.24) is 4.72 Å². The molecule has 2 N–H and O–H groups in total. The van der Waals surface area contributed by atoms with Crippen LogP contribution in [-0.4, -0.2) is 25.5 Å². The Balaban J connectivity index is 2.82. The SMILES string of the molecule is C[C@@H](NS(=O)(=O)Cc1ccc(Br)c(F)c1)C(=O)O. The summed E-state index contributed by atoms with van der Waals surface area (Å²) >= 11 is 2.95. The fourth-order valence-electron chi connectivity index (χ4n) is 1.21. The number of hydrogen-bond donors (Lipinski definition) is 2. The third-order valence-electron chi connectivity index (χ3n) is 2.07. The first-order chi connectivity index (χ1) is 8.21. The molecule has 0 aliphatic carbocycles. The predicted molar refractivity (Wildman–Crippen MR) is 67.0 cm³/mol. The van der Waals surface area contributed by atoms with Gasteiger partial charge in [0.15, 0.2) is 0 Å². The van der Waals surface area contributed by atoms with Crippen molar-refractivity contribution >= 4 is 31.9 Å². The van der Waals surface area contributed by atoms with E-state index in [4.69, 9.17) is 5.11 Å². The van der Waals surface area contributed by atoms with Crippen molar-refractivity contribution in [2.45, 2.75) is 18.7 Å². The molecule has 1 rings (SSSR count). The molecule has 0 spiro atoms. The van der Waals surface area contributed by atoms with Crippen LogP contribution in [-0.2, 0) is 20.6 Å². The molecule has 0 unspecified atom stereocenters. The molecule has 0 saturated heterocycles. The first-order valence-corrected chi connectivity index (χ1v) is 7.32. The molecule has 0 radical (unpaired) electrons. The van der Waals surface area contributed by atoms with Crippen LogP contribution < -0.4 is 4.72 Å². The minimum atomic E-state index is -3.82. The van der Waals surface area contributed by atoms with Gasteiger partial charge in [-0.25, -0.2) is 17.5 Å². The van der Waals surface area contributed by atoms with Gasteiger partial charge in [0.25, 0.3) is 0 Å². The van der Waals surface area contributed by atoms with Gasteiger partial charge in [0.05, 0.1) is 10.2 Å². The van der Waals surface area contributed by atoms with E-state index in [1.165, 1.54) is 19.1 Å². The number of aliphatic carboxylic acids is 1. The van der Waals surface area contributed by atoms with Crippen molar-refractivity contribution in [2.24, 2.45) is 0 Å². The Labute approximate surface area is 112 Å². The minimum absolute atomic E-state index is 0.232. The Bertz CT molecular complexity index is 561. The van der Waals surface area contributed by atoms with E-state index >= 15 is 0 Å². The number of carboxylic acid groups (broad SMARTS) is 1. The van der Waals surface area contributed by atoms with E-state index in [-0.39, 0.29) is 10.0 Å². The lowest BCUT2D eigenvalue weighted by Gasteiger charge is -2.10. The highest BCUT2D eigenvalue weighted by Gasteiger charge is 2.20. The Morgan fingerprint density at radius 1 is 1.56 bits per heavy atom. The van der Waals surface area contributed by atoms with Gasteiger partial charge in [-0.3, -0.25) is 4.79 Å². The maximum atomic E-state index is 13.2. The van der Waals surface area contributed by atoms with Gasteiger partial charge in [-0.1, -0.05) is 6.07 Å². The topological polar surface area (TPSA) is 83.5 Å². The Hall–Kier alpha value is -0.990. The van der Waals surface area contributed by atoms with Crippen molar-refractivity contribution in [2.75, 3.05) is 0 Å². The van der Waals surface area contributed by atoms with Crippen molar-refractivity contribution in [1.29, 1.82) is 0 Å². The van der Waals surface area contributed by atoms with Gasteiger partial charge in [0.1, 0.15) is 11.9 Å². The lowest BCUT2D eigenvalue weighted by molar-refractivity contribution is -0.138. The number of nitrogens with one attached hydrogen (secondary N) is 1. The van der Waals surface area contributed by atoms with Crippen LogP contribution in [0.3, 0.4) is 0 Å². The molecule has 0 amide bonds. The van der Waals surface area contributed by atoms with Crippen LogP contribution in [0.25, 0.3) is 0 Å². The number of carboxylic acids is 1. The van der Waals surface area contributed by atoms with Gasteiger partial charge < -0.3 is 5.11 Å². The lowest BCUT2D eigenvalue weighted by Crippen LogP contribution is -2.38. The summed E-state index contributed by atoms with van der Waals surface area (Å²) < 4.78 is 38.6. The second kappa shape index (κ2) is 5.77. The molecular weight excluding hydrogens is 329 g/mol. The summed E-state index contributed by atoms with van der Waals surface area (Å²) in [6.07, 6.45) is 0. The molecule has 0 saturated carbocycles. The summed E-state index contributed by atoms with van der Waals surface area (Å²) in [6, 6.07) is 2.68. The highest BCUT2D eigenvalue weighted by atomic mass is 79.9. The number of benzene rings is 1. The average molecular weight is 340 g/mol. The zero-order valence-electron chi connectivity index (χ0n) is 9.35. The monoisotopic (exact) mass is 339 g/mol. The zero-order valence-corrected chi connectivity index (χ0v) is 11.8. The number of carbonyl (C=O) groups is 1. The molecular formula is C10H11BrFNO4S. The smallest absolute Gasteiger partial charge is 0.321 e. The number of sulfonamides is 1. The fraction of sp³-hybridized carbons (Fsp3) is 0.300. The lowest BCUT2D eigenvalue weighted by atomic mass is 10.2. The van der Waals surface area contributed by atoms with Crippen molar-refractivity contribution in [3.8, 4) is 0 Å². The molecule has 0 heterocycles. The average Bonchev–Trinajstić information content (AvgIpc) is 2.22. The highest BCUT2D eigenvalue weighted by Crippen LogP contribution is 2.17. The summed E-state index contributed by atoms with van der Waals surface area (Å²) in [5.41, 5.74) is 0.237. The van der Waals surface area contributed by atoms with E-state index in [0.29, 0.717) is 0 Å². The molecule has 8 heteroatoms. The molecule has 0 aliphatic rings. The second-order valence-electron chi connectivity index (χ2n) is 3.69. The van der Waals surface area contributed by atoms with Crippen LogP contribution in [0.1, 0.15) is 12.5 Å². The predicted octanol–water partition coefficient (Wildman–Crippen LogP) is 1.48. The minimum Gasteiger partial charge on any atom is -0.480 e. The Morgan fingerprint density at radius 2 is 2.17 bits per heavy atom. The molecule has 0 aromatic heterocycles. The van der Waals surface area contributed by atoms with Crippen molar-refractivity contribution in [3.05, 3.63) is 34.1 Å². The van der Waals surface area contributed by atoms with Gasteiger partial charge in [-0.15, -0.1) is 0 Å². The number of hydrogen-bond acceptors (Lipinski definition) is 3. The van der Waals surface area contributed by atoms with Gasteiger partial charge in [-0.2, -0.15) is 0 Å². The molecule has 0 bridgehead atoms. The third kappa shape index (κ3) is 4.35. The first-order valence-electron chi connectivity index (χ1n) is 4.88. The number of halogens is 2. The van der Waals surface area contributed by atoms with Gasteiger partial charge in [-0.05, 0) is 40.5 Å². The van der Waals surface area contributed by atoms with Gasteiger partial charge in [0, 0.05) is 0 Å². The van der Waals surface area contributed by atoms with Gasteiger partial charge >= 0.3 is 5.97 Å². The van der Waals surface area contributed by atoms with E-state index in [2.05, 4.69) is 15.9 Å². The van der Waals surface area contributed by atoms with E-state index in [1.807, 2.05) is 4.72 Å². The van der Waals surface area contributed by atoms with Crippen molar-refractivity contribution < 1.29 is 22.7 Å². The first kappa shape index (κ1) is 15.1. The van der Waals surface area contributed by atoms with Crippen LogP contribution in [0, 0.1) is 5.82 Å². The summed E-state index contributed by atoms with van der Waals surface area (Å²) in [4.78, 5) is 10.5. The maximum absolute atomic E-state index is 13.2. The summed E-state index contributed by atoms with van der Waals surface area (Å²) in [5, 5.41) is 8.60. The largest absolute Gasteiger partial charge is 0.480 e. The third-order valence-corrected chi connectivity index (χ3v) is 4.14. The molecule has 100 valence electrons. The molecule has 5 nitrogen and oxygen atoms in total. The van der Waals surface area contributed by atoms with E-state index < -0.39 is 33.6 Å². The Morgan fingerprint density at radius 3 is 2.67 bits per heavy atom. The van der Waals surface area contributed by atoms with Gasteiger partial charge in [0.2, 0.25) is 10.0 Å². The maximum Gasteiger partial charge on any atom is 0.321 e. The van der Waals surface area contributed by atoms with E-state index in [1.54, 1.807) is 0 Å². The van der Waals surface area contributed by atoms with Crippen LogP contribution >= 0.6 is 15.9 Å². The second-order valence-corrected chi connectivity index (χ2v) is 6.29. The fourth-order valence-corrected chi connectivity index (χ4v) is 2.80. The summed E-state index contributed by atoms with van der Waals surface area (Å²) in [6.45, 7) is 1.21. The van der Waals surface area contributed by atoms with E-state index in [9.17, 15) is 17.6 Å². The molecule has 0 fully saturated rings. The van der Waals surface area contributed by atoms with E-state index in [0.717, 1.165) is 6.07 Å². The molecule has 1 atom stereocenters. The summed E-state index contributed by atoms with van der Waals surface area (Å²) in [5.74, 6) is -2.33. The summed E-state index contributed by atoms with van der Waals surface area (Å²) in [7, 11) is -3.82. The zero-order chi connectivity index (χ0) is 13.9. The quantitative estimate of drug-likeness (QED) is 0.851. The molecule has 0 aliphatic heterocycles. The van der Waals surface area contributed by atoms with Crippen LogP contribution in [0.4, 0.5) is 4.39 Å². The van der Waals surface area contributed by atoms with Crippen molar-refractivity contribution in [3.63, 3.8) is 0 Å². The number of rotatable bonds is 5. The van der Waals surface area contributed by atoms with Crippen LogP contribution in [0.5, 0.6) is 0 Å².